The van der Waals surface area contributed by atoms with Crippen molar-refractivity contribution < 1.29 is 14.3 Å². The number of fused-ring (bicyclic) bond motifs is 1. The van der Waals surface area contributed by atoms with Gasteiger partial charge in [-0.2, -0.15) is 0 Å². The Balaban J connectivity index is 1.46. The number of aromatic nitrogens is 1. The first-order valence-corrected chi connectivity index (χ1v) is 12.8. The van der Waals surface area contributed by atoms with Crippen LogP contribution in [0.4, 0.5) is 5.69 Å². The van der Waals surface area contributed by atoms with Crippen molar-refractivity contribution in [3.63, 3.8) is 0 Å². The Morgan fingerprint density at radius 2 is 1.65 bits per heavy atom. The number of benzene rings is 3. The molecule has 3 aromatic carbocycles. The lowest BCUT2D eigenvalue weighted by Gasteiger charge is -2.20. The van der Waals surface area contributed by atoms with E-state index in [1.54, 1.807) is 13.2 Å². The number of likely N-dealkylation sites (tertiary alicyclic amines) is 1. The van der Waals surface area contributed by atoms with Gasteiger partial charge in [-0.05, 0) is 80.4 Å². The van der Waals surface area contributed by atoms with E-state index in [2.05, 4.69) is 5.32 Å². The van der Waals surface area contributed by atoms with E-state index in [4.69, 9.17) is 9.72 Å². The van der Waals surface area contributed by atoms with Gasteiger partial charge in [0.15, 0.2) is 0 Å². The molecule has 188 valence electrons. The van der Waals surface area contributed by atoms with Crippen LogP contribution < -0.4 is 10.1 Å². The monoisotopic (exact) mass is 493 g/mol. The summed E-state index contributed by atoms with van der Waals surface area (Å²) in [6.07, 6.45) is 4.40. The number of anilines is 1. The van der Waals surface area contributed by atoms with E-state index in [-0.39, 0.29) is 11.8 Å². The van der Waals surface area contributed by atoms with Crippen molar-refractivity contribution in [1.82, 2.24) is 9.88 Å². The molecular formula is C31H31N3O3. The van der Waals surface area contributed by atoms with E-state index in [0.717, 1.165) is 66.6 Å². The zero-order valence-electron chi connectivity index (χ0n) is 21.3. The number of carbonyl (C=O) groups excluding carboxylic acids is 2. The molecule has 0 bridgehead atoms. The first-order chi connectivity index (χ1) is 18.0. The zero-order valence-corrected chi connectivity index (χ0v) is 21.3. The summed E-state index contributed by atoms with van der Waals surface area (Å²) in [6, 6.07) is 22.6. The Morgan fingerprint density at radius 1 is 0.892 bits per heavy atom. The molecule has 1 aliphatic heterocycles. The number of hydrogen-bond donors (Lipinski definition) is 1. The number of methoxy groups -OCH3 is 1. The predicted molar refractivity (Wildman–Crippen MR) is 147 cm³/mol. The third kappa shape index (κ3) is 5.48. The summed E-state index contributed by atoms with van der Waals surface area (Å²) in [5.41, 5.74) is 5.10. The lowest BCUT2D eigenvalue weighted by molar-refractivity contribution is 0.0761. The molecule has 2 amide bonds. The van der Waals surface area contributed by atoms with Crippen molar-refractivity contribution in [2.24, 2.45) is 0 Å². The van der Waals surface area contributed by atoms with Gasteiger partial charge in [-0.15, -0.1) is 0 Å². The molecule has 1 N–H and O–H groups in total. The van der Waals surface area contributed by atoms with E-state index in [1.807, 2.05) is 78.6 Å². The van der Waals surface area contributed by atoms with Crippen molar-refractivity contribution in [1.29, 1.82) is 0 Å². The molecule has 5 rings (SSSR count). The number of rotatable bonds is 5. The molecular weight excluding hydrogens is 462 g/mol. The maximum atomic E-state index is 13.6. The van der Waals surface area contributed by atoms with Crippen molar-refractivity contribution in [2.75, 3.05) is 25.5 Å². The van der Waals surface area contributed by atoms with Gasteiger partial charge in [0.2, 0.25) is 0 Å². The summed E-state index contributed by atoms with van der Waals surface area (Å²) in [5.74, 6) is 0.532. The molecule has 0 unspecified atom stereocenters. The lowest BCUT2D eigenvalue weighted by atomic mass is 10.0. The highest BCUT2D eigenvalue weighted by atomic mass is 16.5. The fourth-order valence-electron chi connectivity index (χ4n) is 4.82. The Bertz CT molecular complexity index is 1440. The SMILES string of the molecule is COc1ccc(-c2cc(C(=O)Nc3cccc(C(=O)N4CCCCCC4)c3)c3cc(C)ccc3n2)cc1. The van der Waals surface area contributed by atoms with Crippen LogP contribution in [-0.4, -0.2) is 41.9 Å². The molecule has 1 saturated heterocycles. The fraction of sp³-hybridized carbons (Fsp3) is 0.258. The Kier molecular flexibility index (Phi) is 7.17. The number of aryl methyl sites for hydroxylation is 1. The standard InChI is InChI=1S/C31H31N3O3/c1-21-10-15-28-26(18-21)27(20-29(33-28)22-11-13-25(37-2)14-12-22)30(35)32-24-9-7-8-23(19-24)31(36)34-16-5-3-4-6-17-34/h7-15,18-20H,3-6,16-17H2,1-2H3,(H,32,35). The second-order valence-corrected chi connectivity index (χ2v) is 9.55. The molecule has 1 fully saturated rings. The summed E-state index contributed by atoms with van der Waals surface area (Å²) in [6.45, 7) is 3.56. The summed E-state index contributed by atoms with van der Waals surface area (Å²) < 4.78 is 5.28. The van der Waals surface area contributed by atoms with Crippen molar-refractivity contribution >= 4 is 28.4 Å². The molecule has 1 aliphatic rings. The Labute approximate surface area is 217 Å². The molecule has 0 aliphatic carbocycles. The molecule has 6 nitrogen and oxygen atoms in total. The minimum atomic E-state index is -0.243. The van der Waals surface area contributed by atoms with Gasteiger partial charge in [0.1, 0.15) is 5.75 Å². The first-order valence-electron chi connectivity index (χ1n) is 12.8. The largest absolute Gasteiger partial charge is 0.497 e. The van der Waals surface area contributed by atoms with Gasteiger partial charge in [0, 0.05) is 35.3 Å². The quantitative estimate of drug-likeness (QED) is 0.345. The maximum Gasteiger partial charge on any atom is 0.256 e. The van der Waals surface area contributed by atoms with Crippen LogP contribution in [0.3, 0.4) is 0 Å². The van der Waals surface area contributed by atoms with Crippen molar-refractivity contribution in [3.05, 3.63) is 89.5 Å². The minimum Gasteiger partial charge on any atom is -0.497 e. The second kappa shape index (κ2) is 10.8. The molecule has 4 aromatic rings. The first kappa shape index (κ1) is 24.5. The number of nitrogens with one attached hydrogen (secondary N) is 1. The number of amides is 2. The van der Waals surface area contributed by atoms with E-state index in [0.29, 0.717) is 22.5 Å². The molecule has 0 spiro atoms. The normalized spacial score (nSPS) is 13.7. The summed E-state index contributed by atoms with van der Waals surface area (Å²) in [7, 11) is 1.63. The van der Waals surface area contributed by atoms with Crippen LogP contribution >= 0.6 is 0 Å². The molecule has 2 heterocycles. The molecule has 0 saturated carbocycles. The van der Waals surface area contributed by atoms with Crippen LogP contribution in [0.5, 0.6) is 5.75 Å². The smallest absolute Gasteiger partial charge is 0.256 e. The van der Waals surface area contributed by atoms with Crippen LogP contribution in [0.15, 0.2) is 72.8 Å². The fourth-order valence-corrected chi connectivity index (χ4v) is 4.82. The average molecular weight is 494 g/mol. The van der Waals surface area contributed by atoms with Crippen molar-refractivity contribution in [3.8, 4) is 17.0 Å². The lowest BCUT2D eigenvalue weighted by Crippen LogP contribution is -2.31. The van der Waals surface area contributed by atoms with Gasteiger partial charge in [-0.3, -0.25) is 9.59 Å². The highest BCUT2D eigenvalue weighted by Crippen LogP contribution is 2.28. The Morgan fingerprint density at radius 3 is 2.38 bits per heavy atom. The number of pyridine rings is 1. The topological polar surface area (TPSA) is 71.5 Å². The van der Waals surface area contributed by atoms with Gasteiger partial charge in [-0.1, -0.05) is 30.5 Å². The van der Waals surface area contributed by atoms with Gasteiger partial charge in [-0.25, -0.2) is 4.98 Å². The van der Waals surface area contributed by atoms with E-state index < -0.39 is 0 Å². The van der Waals surface area contributed by atoms with Crippen LogP contribution in [0, 0.1) is 6.92 Å². The van der Waals surface area contributed by atoms with Crippen LogP contribution in [0.2, 0.25) is 0 Å². The average Bonchev–Trinajstić information content (AvgIpc) is 3.22. The third-order valence-electron chi connectivity index (χ3n) is 6.86. The van der Waals surface area contributed by atoms with Crippen LogP contribution in [0.25, 0.3) is 22.2 Å². The number of ether oxygens (including phenoxy) is 1. The molecule has 6 heteroatoms. The van der Waals surface area contributed by atoms with Crippen molar-refractivity contribution in [2.45, 2.75) is 32.6 Å². The molecule has 0 radical (unpaired) electrons. The summed E-state index contributed by atoms with van der Waals surface area (Å²) >= 11 is 0. The molecule has 37 heavy (non-hydrogen) atoms. The van der Waals surface area contributed by atoms with Gasteiger partial charge in [0.05, 0.1) is 23.9 Å². The highest BCUT2D eigenvalue weighted by Gasteiger charge is 2.19. The van der Waals surface area contributed by atoms with Crippen LogP contribution in [-0.2, 0) is 0 Å². The zero-order chi connectivity index (χ0) is 25.8. The molecule has 1 aromatic heterocycles. The molecule has 0 atom stereocenters. The van der Waals surface area contributed by atoms with Gasteiger partial charge < -0.3 is 15.0 Å². The number of carbonyl (C=O) groups is 2. The summed E-state index contributed by atoms with van der Waals surface area (Å²) in [4.78, 5) is 33.5. The minimum absolute atomic E-state index is 0.0183. The highest BCUT2D eigenvalue weighted by molar-refractivity contribution is 6.13. The predicted octanol–water partition coefficient (Wildman–Crippen LogP) is 6.49. The second-order valence-electron chi connectivity index (χ2n) is 9.55. The maximum absolute atomic E-state index is 13.6. The number of nitrogens with zero attached hydrogens (tertiary/aromatic N) is 2. The number of hydrogen-bond acceptors (Lipinski definition) is 4. The van der Waals surface area contributed by atoms with Crippen LogP contribution in [0.1, 0.15) is 52.0 Å². The third-order valence-corrected chi connectivity index (χ3v) is 6.86. The Hall–Kier alpha value is -4.19. The van der Waals surface area contributed by atoms with Gasteiger partial charge >= 0.3 is 0 Å². The van der Waals surface area contributed by atoms with Gasteiger partial charge in [0.25, 0.3) is 11.8 Å². The van der Waals surface area contributed by atoms with E-state index >= 15 is 0 Å². The van der Waals surface area contributed by atoms with E-state index in [9.17, 15) is 9.59 Å². The summed E-state index contributed by atoms with van der Waals surface area (Å²) in [5, 5.41) is 3.80. The van der Waals surface area contributed by atoms with E-state index in [1.165, 1.54) is 0 Å².